The van der Waals surface area contributed by atoms with E-state index in [2.05, 4.69) is 140 Å². The Kier molecular flexibility index (Phi) is 6.34. The molecule has 254 valence electrons. The molecule has 0 radical (unpaired) electrons. The Morgan fingerprint density at radius 3 is 1.56 bits per heavy atom. The first kappa shape index (κ1) is 30.1. The van der Waals surface area contributed by atoms with Crippen LogP contribution in [0.3, 0.4) is 0 Å². The van der Waals surface area contributed by atoms with E-state index in [1.54, 1.807) is 0 Å². The van der Waals surface area contributed by atoms with Gasteiger partial charge in [-0.25, -0.2) is 9.97 Å². The minimum atomic E-state index is 0.659. The molecule has 0 aliphatic carbocycles. The molecule has 0 aliphatic heterocycles. The SMILES string of the molecule is c1ccc(-c2nc(-c3cccc(-c4cc5ccc6cccc7c8cccc9ccc%10cccc(c(c4)c5c67)c%10c98)c3)cc(-c3cc4ccccc4o3)n2)cc1. The summed E-state index contributed by atoms with van der Waals surface area (Å²) < 4.78 is 6.33. The maximum absolute atomic E-state index is 6.33. The summed E-state index contributed by atoms with van der Waals surface area (Å²) in [6, 6.07) is 65.3. The summed E-state index contributed by atoms with van der Waals surface area (Å²) >= 11 is 0. The average molecular weight is 699 g/mol. The van der Waals surface area contributed by atoms with E-state index in [4.69, 9.17) is 14.4 Å². The normalized spacial score (nSPS) is 12.0. The van der Waals surface area contributed by atoms with Gasteiger partial charge in [-0.3, -0.25) is 0 Å². The van der Waals surface area contributed by atoms with E-state index in [1.165, 1.54) is 64.6 Å². The Balaban J connectivity index is 1.12. The van der Waals surface area contributed by atoms with Gasteiger partial charge in [0.1, 0.15) is 11.3 Å². The van der Waals surface area contributed by atoms with E-state index in [1.807, 2.05) is 42.5 Å². The number of para-hydroxylation sites is 1. The molecule has 12 rings (SSSR count). The maximum atomic E-state index is 6.33. The van der Waals surface area contributed by atoms with Crippen LogP contribution in [0, 0.1) is 0 Å². The van der Waals surface area contributed by atoms with Crippen LogP contribution in [0.5, 0.6) is 0 Å². The first-order valence-corrected chi connectivity index (χ1v) is 18.7. The summed E-state index contributed by atoms with van der Waals surface area (Å²) in [5, 5.41) is 16.4. The van der Waals surface area contributed by atoms with E-state index >= 15 is 0 Å². The van der Waals surface area contributed by atoms with Crippen LogP contribution in [0.4, 0.5) is 0 Å². The summed E-state index contributed by atoms with van der Waals surface area (Å²) in [7, 11) is 0. The fourth-order valence-electron chi connectivity index (χ4n) is 8.85. The molecule has 0 saturated heterocycles. The predicted octanol–water partition coefficient (Wildman–Crippen LogP) is 14.2. The lowest BCUT2D eigenvalue weighted by Gasteiger charge is -2.17. The van der Waals surface area contributed by atoms with Crippen molar-refractivity contribution in [1.82, 2.24) is 9.97 Å². The van der Waals surface area contributed by atoms with Crippen LogP contribution in [0.25, 0.3) is 121 Å². The largest absolute Gasteiger partial charge is 0.454 e. The number of furan rings is 1. The van der Waals surface area contributed by atoms with Gasteiger partial charge < -0.3 is 4.42 Å². The van der Waals surface area contributed by atoms with Gasteiger partial charge in [0, 0.05) is 16.5 Å². The second kappa shape index (κ2) is 11.6. The quantitative estimate of drug-likeness (QED) is 0.172. The van der Waals surface area contributed by atoms with Crippen LogP contribution in [0.2, 0.25) is 0 Å². The van der Waals surface area contributed by atoms with Crippen LogP contribution in [-0.4, -0.2) is 9.97 Å². The van der Waals surface area contributed by atoms with E-state index in [9.17, 15) is 0 Å². The van der Waals surface area contributed by atoms with E-state index in [-0.39, 0.29) is 0 Å². The molecule has 2 aromatic heterocycles. The fourth-order valence-corrected chi connectivity index (χ4v) is 8.85. The third kappa shape index (κ3) is 4.63. The number of hydrogen-bond acceptors (Lipinski definition) is 3. The van der Waals surface area contributed by atoms with Crippen molar-refractivity contribution < 1.29 is 4.42 Å². The Morgan fingerprint density at radius 1 is 0.309 bits per heavy atom. The number of nitrogens with zero attached hydrogens (tertiary/aromatic N) is 2. The Hall–Kier alpha value is -7.36. The third-order valence-corrected chi connectivity index (χ3v) is 11.4. The van der Waals surface area contributed by atoms with Crippen molar-refractivity contribution in [2.24, 2.45) is 0 Å². The zero-order valence-corrected chi connectivity index (χ0v) is 29.6. The van der Waals surface area contributed by atoms with Gasteiger partial charge in [0.25, 0.3) is 0 Å². The fraction of sp³-hybridized carbons (Fsp3) is 0. The first-order chi connectivity index (χ1) is 27.2. The van der Waals surface area contributed by atoms with Crippen molar-refractivity contribution in [3.05, 3.63) is 182 Å². The van der Waals surface area contributed by atoms with Crippen molar-refractivity contribution >= 4 is 75.6 Å². The molecule has 10 aromatic carbocycles. The van der Waals surface area contributed by atoms with Crippen molar-refractivity contribution in [1.29, 1.82) is 0 Å². The molecule has 0 aliphatic rings. The summed E-state index contributed by atoms with van der Waals surface area (Å²) in [5.41, 5.74) is 6.68. The molecule has 0 N–H and O–H groups in total. The molecule has 0 bridgehead atoms. The zero-order chi connectivity index (χ0) is 36.0. The summed E-state index contributed by atoms with van der Waals surface area (Å²) in [4.78, 5) is 10.2. The molecular formula is C52H30N2O. The lowest BCUT2D eigenvalue weighted by molar-refractivity contribution is 0.628. The zero-order valence-electron chi connectivity index (χ0n) is 29.6. The molecule has 12 aromatic rings. The molecule has 3 heteroatoms. The lowest BCUT2D eigenvalue weighted by Crippen LogP contribution is -1.95. The monoisotopic (exact) mass is 698 g/mol. The Bertz CT molecular complexity index is 3450. The molecule has 0 saturated carbocycles. The predicted molar refractivity (Wildman–Crippen MR) is 230 cm³/mol. The topological polar surface area (TPSA) is 38.9 Å². The maximum Gasteiger partial charge on any atom is 0.160 e. The Morgan fingerprint density at radius 2 is 0.855 bits per heavy atom. The van der Waals surface area contributed by atoms with Gasteiger partial charge in [-0.2, -0.15) is 0 Å². The summed E-state index contributed by atoms with van der Waals surface area (Å²) in [6.07, 6.45) is 0. The van der Waals surface area contributed by atoms with Gasteiger partial charge in [0.2, 0.25) is 0 Å². The van der Waals surface area contributed by atoms with E-state index in [0.29, 0.717) is 5.82 Å². The highest BCUT2D eigenvalue weighted by Crippen LogP contribution is 2.44. The van der Waals surface area contributed by atoms with Gasteiger partial charge in [-0.15, -0.1) is 0 Å². The average Bonchev–Trinajstić information content (AvgIpc) is 3.70. The van der Waals surface area contributed by atoms with Crippen LogP contribution >= 0.6 is 0 Å². The van der Waals surface area contributed by atoms with Crippen LogP contribution in [-0.2, 0) is 0 Å². The van der Waals surface area contributed by atoms with Crippen LogP contribution in [0.1, 0.15) is 0 Å². The van der Waals surface area contributed by atoms with Crippen molar-refractivity contribution in [3.63, 3.8) is 0 Å². The summed E-state index contributed by atoms with van der Waals surface area (Å²) in [6.45, 7) is 0. The first-order valence-electron chi connectivity index (χ1n) is 18.7. The molecule has 2 heterocycles. The van der Waals surface area contributed by atoms with Gasteiger partial charge in [-0.1, -0.05) is 146 Å². The second-order valence-electron chi connectivity index (χ2n) is 14.5. The lowest BCUT2D eigenvalue weighted by atomic mass is 9.86. The van der Waals surface area contributed by atoms with Crippen molar-refractivity contribution in [2.45, 2.75) is 0 Å². The number of rotatable bonds is 4. The molecule has 0 fully saturated rings. The van der Waals surface area contributed by atoms with Gasteiger partial charge >= 0.3 is 0 Å². The van der Waals surface area contributed by atoms with Crippen LogP contribution in [0.15, 0.2) is 186 Å². The van der Waals surface area contributed by atoms with E-state index < -0.39 is 0 Å². The van der Waals surface area contributed by atoms with Gasteiger partial charge in [-0.05, 0) is 112 Å². The standard InChI is InChI=1S/C52H30N2O/c1-2-10-34(11-3-1)52-53-44(30-45(54-52)47-29-37-12-4-5-21-46(37)55-47)36-17-6-16-35(26-36)39-27-38-25-24-33-14-8-19-41-40-18-7-13-31-22-23-32-15-9-20-42(50(32)48(31)40)43(28-39)51(38)49(33)41/h1-30H. The minimum absolute atomic E-state index is 0.659. The number of fused-ring (bicyclic) bond motifs is 3. The number of hydrogen-bond donors (Lipinski definition) is 0. The molecule has 55 heavy (non-hydrogen) atoms. The number of benzene rings is 9. The van der Waals surface area contributed by atoms with Crippen molar-refractivity contribution in [3.8, 4) is 45.2 Å². The molecule has 0 atom stereocenters. The summed E-state index contributed by atoms with van der Waals surface area (Å²) in [5.74, 6) is 1.38. The molecule has 0 spiro atoms. The highest BCUT2D eigenvalue weighted by Gasteiger charge is 2.18. The smallest absolute Gasteiger partial charge is 0.160 e. The number of aromatic nitrogens is 2. The molecular weight excluding hydrogens is 669 g/mol. The van der Waals surface area contributed by atoms with Crippen LogP contribution < -0.4 is 0 Å². The molecule has 0 amide bonds. The Labute approximate surface area is 316 Å². The molecule has 3 nitrogen and oxygen atoms in total. The van der Waals surface area contributed by atoms with Gasteiger partial charge in [0.05, 0.1) is 5.69 Å². The minimum Gasteiger partial charge on any atom is -0.454 e. The molecule has 0 unspecified atom stereocenters. The highest BCUT2D eigenvalue weighted by molar-refractivity contribution is 6.37. The second-order valence-corrected chi connectivity index (χ2v) is 14.5. The van der Waals surface area contributed by atoms with E-state index in [0.717, 1.165) is 50.4 Å². The van der Waals surface area contributed by atoms with Crippen molar-refractivity contribution in [2.75, 3.05) is 0 Å². The third-order valence-electron chi connectivity index (χ3n) is 11.4. The van der Waals surface area contributed by atoms with Gasteiger partial charge in [0.15, 0.2) is 11.6 Å². The highest BCUT2D eigenvalue weighted by atomic mass is 16.3.